The van der Waals surface area contributed by atoms with Gasteiger partial charge in [0.1, 0.15) is 11.9 Å². The second kappa shape index (κ2) is 5.89. The van der Waals surface area contributed by atoms with E-state index in [1.807, 2.05) is 26.0 Å². The molecule has 0 spiro atoms. The van der Waals surface area contributed by atoms with Crippen molar-refractivity contribution in [1.82, 2.24) is 0 Å². The molecular weight excluding hydrogens is 292 g/mol. The van der Waals surface area contributed by atoms with Crippen molar-refractivity contribution < 1.29 is 23.1 Å². The number of sulfone groups is 1. The first-order chi connectivity index (χ1) is 9.77. The number of hydrogen-bond acceptors (Lipinski definition) is 4. The van der Waals surface area contributed by atoms with E-state index >= 15 is 0 Å². The molecule has 1 heterocycles. The van der Waals surface area contributed by atoms with Crippen LogP contribution >= 0.6 is 0 Å². The van der Waals surface area contributed by atoms with Crippen molar-refractivity contribution in [1.29, 1.82) is 0 Å². The van der Waals surface area contributed by atoms with Gasteiger partial charge in [-0.15, -0.1) is 0 Å². The van der Waals surface area contributed by atoms with Gasteiger partial charge in [0.05, 0.1) is 11.5 Å². The number of aryl methyl sites for hydroxylation is 2. The van der Waals surface area contributed by atoms with E-state index in [1.165, 1.54) is 6.08 Å². The number of carboxylic acids is 1. The summed E-state index contributed by atoms with van der Waals surface area (Å²) >= 11 is 0. The number of carbonyl (C=O) groups is 1. The molecule has 1 fully saturated rings. The average molecular weight is 310 g/mol. The van der Waals surface area contributed by atoms with E-state index in [4.69, 9.17) is 9.84 Å². The summed E-state index contributed by atoms with van der Waals surface area (Å²) in [5.74, 6) is -0.0757. The number of ether oxygens (including phenoxy) is 1. The van der Waals surface area contributed by atoms with E-state index in [1.54, 1.807) is 0 Å². The van der Waals surface area contributed by atoms with Gasteiger partial charge in [0.15, 0.2) is 9.84 Å². The monoisotopic (exact) mass is 310 g/mol. The van der Waals surface area contributed by atoms with Crippen molar-refractivity contribution in [3.63, 3.8) is 0 Å². The maximum atomic E-state index is 11.5. The van der Waals surface area contributed by atoms with Crippen LogP contribution in [0.5, 0.6) is 5.75 Å². The van der Waals surface area contributed by atoms with Gasteiger partial charge in [-0.1, -0.05) is 0 Å². The summed E-state index contributed by atoms with van der Waals surface area (Å²) in [6.07, 6.45) is 2.82. The minimum Gasteiger partial charge on any atom is -0.489 e. The van der Waals surface area contributed by atoms with Crippen LogP contribution in [0.4, 0.5) is 0 Å². The number of rotatable bonds is 4. The third-order valence-corrected chi connectivity index (χ3v) is 5.11. The molecule has 0 radical (unpaired) electrons. The highest BCUT2D eigenvalue weighted by Crippen LogP contribution is 2.28. The van der Waals surface area contributed by atoms with Crippen molar-refractivity contribution in [2.75, 3.05) is 11.5 Å². The smallest absolute Gasteiger partial charge is 0.328 e. The average Bonchev–Trinajstić information content (AvgIpc) is 2.71. The number of carboxylic acid groups (broad SMARTS) is 1. The molecule has 6 heteroatoms. The first-order valence-electron chi connectivity index (χ1n) is 6.66. The lowest BCUT2D eigenvalue weighted by Gasteiger charge is -2.17. The third kappa shape index (κ3) is 4.07. The standard InChI is InChI=1S/C15H18O5S/c1-10-7-12(3-4-14(16)17)8-11(2)15(10)20-13-5-6-21(18,19)9-13/h3-4,7-8,13H,5-6,9H2,1-2H3,(H,16,17)/b4-3+. The second-order valence-electron chi connectivity index (χ2n) is 5.30. The lowest BCUT2D eigenvalue weighted by molar-refractivity contribution is -0.131. The maximum Gasteiger partial charge on any atom is 0.328 e. The molecule has 0 bridgehead atoms. The van der Waals surface area contributed by atoms with Crippen LogP contribution in [0.25, 0.3) is 6.08 Å². The topological polar surface area (TPSA) is 80.7 Å². The Morgan fingerprint density at radius 1 is 1.33 bits per heavy atom. The predicted molar refractivity (Wildman–Crippen MR) is 80.3 cm³/mol. The summed E-state index contributed by atoms with van der Waals surface area (Å²) in [5.41, 5.74) is 2.51. The molecule has 1 atom stereocenters. The van der Waals surface area contributed by atoms with Gasteiger partial charge < -0.3 is 9.84 Å². The van der Waals surface area contributed by atoms with Crippen molar-refractivity contribution in [3.8, 4) is 5.75 Å². The van der Waals surface area contributed by atoms with Gasteiger partial charge in [0, 0.05) is 6.08 Å². The molecule has 1 saturated heterocycles. The minimum absolute atomic E-state index is 0.0621. The van der Waals surface area contributed by atoms with Crippen LogP contribution in [-0.4, -0.2) is 37.1 Å². The fraction of sp³-hybridized carbons (Fsp3) is 0.400. The van der Waals surface area contributed by atoms with Crippen LogP contribution < -0.4 is 4.74 Å². The van der Waals surface area contributed by atoms with Crippen LogP contribution in [0.2, 0.25) is 0 Å². The minimum atomic E-state index is -2.97. The third-order valence-electron chi connectivity index (χ3n) is 3.38. The molecular formula is C15H18O5S. The van der Waals surface area contributed by atoms with Crippen molar-refractivity contribution in [2.24, 2.45) is 0 Å². The van der Waals surface area contributed by atoms with Gasteiger partial charge in [0.25, 0.3) is 0 Å². The van der Waals surface area contributed by atoms with E-state index < -0.39 is 15.8 Å². The molecule has 0 aliphatic carbocycles. The molecule has 2 rings (SSSR count). The Morgan fingerprint density at radius 2 is 1.95 bits per heavy atom. The molecule has 0 amide bonds. The second-order valence-corrected chi connectivity index (χ2v) is 7.53. The summed E-state index contributed by atoms with van der Waals surface area (Å²) in [6, 6.07) is 3.65. The highest BCUT2D eigenvalue weighted by molar-refractivity contribution is 7.91. The lowest BCUT2D eigenvalue weighted by atomic mass is 10.0. The Bertz CT molecular complexity index is 665. The van der Waals surface area contributed by atoms with E-state index in [2.05, 4.69) is 0 Å². The highest BCUT2D eigenvalue weighted by Gasteiger charge is 2.30. The molecule has 0 aromatic heterocycles. The molecule has 1 N–H and O–H groups in total. The summed E-state index contributed by atoms with van der Waals surface area (Å²) < 4.78 is 28.8. The first-order valence-corrected chi connectivity index (χ1v) is 8.48. The Labute approximate surface area is 124 Å². The molecule has 1 aromatic carbocycles. The zero-order chi connectivity index (χ0) is 15.6. The summed E-state index contributed by atoms with van der Waals surface area (Å²) in [6.45, 7) is 3.73. The Morgan fingerprint density at radius 3 is 2.43 bits per heavy atom. The maximum absolute atomic E-state index is 11.5. The molecule has 1 aromatic rings. The van der Waals surface area contributed by atoms with Gasteiger partial charge >= 0.3 is 5.97 Å². The SMILES string of the molecule is Cc1cc(/C=C/C(=O)O)cc(C)c1OC1CCS(=O)(=O)C1. The van der Waals surface area contributed by atoms with Crippen molar-refractivity contribution in [2.45, 2.75) is 26.4 Å². The zero-order valence-electron chi connectivity index (χ0n) is 12.0. The number of benzene rings is 1. The van der Waals surface area contributed by atoms with Crippen molar-refractivity contribution >= 4 is 21.9 Å². The van der Waals surface area contributed by atoms with Crippen LogP contribution in [0.3, 0.4) is 0 Å². The predicted octanol–water partition coefficient (Wildman–Crippen LogP) is 1.97. The molecule has 1 unspecified atom stereocenters. The largest absolute Gasteiger partial charge is 0.489 e. The number of hydrogen-bond donors (Lipinski definition) is 1. The summed E-state index contributed by atoms with van der Waals surface area (Å²) in [5, 5.41) is 8.64. The summed E-state index contributed by atoms with van der Waals surface area (Å²) in [4.78, 5) is 10.5. The molecule has 114 valence electrons. The van der Waals surface area contributed by atoms with E-state index in [9.17, 15) is 13.2 Å². The quantitative estimate of drug-likeness (QED) is 0.860. The molecule has 1 aliphatic heterocycles. The normalized spacial score (nSPS) is 20.8. The van der Waals surface area contributed by atoms with Crippen molar-refractivity contribution in [3.05, 3.63) is 34.9 Å². The molecule has 5 nitrogen and oxygen atoms in total. The van der Waals surface area contributed by atoms with Gasteiger partial charge in [-0.05, 0) is 55.2 Å². The van der Waals surface area contributed by atoms with Gasteiger partial charge in [-0.25, -0.2) is 13.2 Å². The molecule has 21 heavy (non-hydrogen) atoms. The van der Waals surface area contributed by atoms with Gasteiger partial charge in [-0.2, -0.15) is 0 Å². The van der Waals surface area contributed by atoms with E-state index in [0.29, 0.717) is 12.2 Å². The summed E-state index contributed by atoms with van der Waals surface area (Å²) in [7, 11) is -2.97. The van der Waals surface area contributed by atoms with Crippen LogP contribution in [0.1, 0.15) is 23.1 Å². The van der Waals surface area contributed by atoms with Crippen LogP contribution in [0, 0.1) is 13.8 Å². The van der Waals surface area contributed by atoms with Crippen LogP contribution in [0.15, 0.2) is 18.2 Å². The Balaban J connectivity index is 2.20. The van der Waals surface area contributed by atoms with E-state index in [-0.39, 0.29) is 17.6 Å². The Kier molecular flexibility index (Phi) is 4.37. The van der Waals surface area contributed by atoms with Crippen LogP contribution in [-0.2, 0) is 14.6 Å². The van der Waals surface area contributed by atoms with Gasteiger partial charge in [-0.3, -0.25) is 0 Å². The number of aliphatic carboxylic acids is 1. The molecule has 0 saturated carbocycles. The fourth-order valence-corrected chi connectivity index (χ4v) is 4.04. The fourth-order valence-electron chi connectivity index (χ4n) is 2.45. The zero-order valence-corrected chi connectivity index (χ0v) is 12.8. The van der Waals surface area contributed by atoms with Gasteiger partial charge in [0.2, 0.25) is 0 Å². The van der Waals surface area contributed by atoms with E-state index in [0.717, 1.165) is 22.8 Å². The lowest BCUT2D eigenvalue weighted by Crippen LogP contribution is -2.18. The molecule has 1 aliphatic rings. The Hall–Kier alpha value is -1.82. The first kappa shape index (κ1) is 15.6. The highest BCUT2D eigenvalue weighted by atomic mass is 32.2.